The summed E-state index contributed by atoms with van der Waals surface area (Å²) in [6, 6.07) is -0.0904. The van der Waals surface area contributed by atoms with Gasteiger partial charge in [-0.15, -0.1) is 0 Å². The zero-order valence-corrected chi connectivity index (χ0v) is 9.71. The number of rotatable bonds is 6. The molecular formula is C10H23N3O. The topological polar surface area (TPSA) is 58.4 Å². The van der Waals surface area contributed by atoms with Gasteiger partial charge in [0.1, 0.15) is 0 Å². The van der Waals surface area contributed by atoms with E-state index in [2.05, 4.69) is 31.1 Å². The van der Waals surface area contributed by atoms with E-state index >= 15 is 0 Å². The largest absolute Gasteiger partial charge is 0.293 e. The molecular weight excluding hydrogens is 178 g/mol. The lowest BCUT2D eigenvalue weighted by Gasteiger charge is -2.29. The fraction of sp³-hybridized carbons (Fsp3) is 0.900. The Balaban J connectivity index is 4.36. The number of hydrogen-bond donors (Lipinski definition) is 2. The highest BCUT2D eigenvalue weighted by Gasteiger charge is 2.22. The minimum atomic E-state index is -0.0904. The lowest BCUT2D eigenvalue weighted by molar-refractivity contribution is -0.126. The van der Waals surface area contributed by atoms with E-state index in [1.54, 1.807) is 0 Å². The first-order valence-corrected chi connectivity index (χ1v) is 5.31. The molecule has 0 radical (unpaired) electrons. The second-order valence-corrected chi connectivity index (χ2v) is 3.91. The number of amides is 1. The lowest BCUT2D eigenvalue weighted by atomic mass is 10.1. The van der Waals surface area contributed by atoms with Crippen LogP contribution in [0.15, 0.2) is 0 Å². The van der Waals surface area contributed by atoms with Gasteiger partial charge in [-0.05, 0) is 18.9 Å². The number of carbonyl (C=O) groups excluding carboxylic acids is 1. The van der Waals surface area contributed by atoms with E-state index in [9.17, 15) is 4.79 Å². The zero-order chi connectivity index (χ0) is 11.1. The van der Waals surface area contributed by atoms with Crippen LogP contribution in [0.1, 0.15) is 34.1 Å². The fourth-order valence-corrected chi connectivity index (χ4v) is 1.65. The van der Waals surface area contributed by atoms with E-state index in [0.29, 0.717) is 5.92 Å². The molecule has 0 aromatic carbocycles. The van der Waals surface area contributed by atoms with E-state index in [1.807, 2.05) is 6.92 Å². The van der Waals surface area contributed by atoms with Crippen molar-refractivity contribution in [3.63, 3.8) is 0 Å². The van der Waals surface area contributed by atoms with Gasteiger partial charge in [0, 0.05) is 6.54 Å². The van der Waals surface area contributed by atoms with Gasteiger partial charge in [0.05, 0.1) is 6.04 Å². The number of nitrogens with zero attached hydrogens (tertiary/aromatic N) is 1. The first kappa shape index (κ1) is 13.4. The predicted molar refractivity (Wildman–Crippen MR) is 58.5 cm³/mol. The van der Waals surface area contributed by atoms with Crippen molar-refractivity contribution in [2.45, 2.75) is 40.2 Å². The molecule has 0 spiro atoms. The molecule has 0 saturated carbocycles. The number of hydrogen-bond acceptors (Lipinski definition) is 3. The molecule has 1 unspecified atom stereocenters. The summed E-state index contributed by atoms with van der Waals surface area (Å²) in [5, 5.41) is 0. The maximum absolute atomic E-state index is 11.4. The van der Waals surface area contributed by atoms with Crippen molar-refractivity contribution in [3.8, 4) is 0 Å². The summed E-state index contributed by atoms with van der Waals surface area (Å²) in [5.41, 5.74) is 2.22. The highest BCUT2D eigenvalue weighted by atomic mass is 16.2. The van der Waals surface area contributed by atoms with Crippen molar-refractivity contribution < 1.29 is 4.79 Å². The molecule has 0 fully saturated rings. The fourth-order valence-electron chi connectivity index (χ4n) is 1.65. The Kier molecular flexibility index (Phi) is 6.49. The highest BCUT2D eigenvalue weighted by Crippen LogP contribution is 2.07. The van der Waals surface area contributed by atoms with Crippen LogP contribution >= 0.6 is 0 Å². The van der Waals surface area contributed by atoms with Crippen molar-refractivity contribution >= 4 is 5.91 Å². The Labute approximate surface area is 86.8 Å². The van der Waals surface area contributed by atoms with Crippen molar-refractivity contribution in [1.82, 2.24) is 10.3 Å². The third kappa shape index (κ3) is 4.07. The average Bonchev–Trinajstić information content (AvgIpc) is 2.16. The maximum atomic E-state index is 11.4. The Bertz CT molecular complexity index is 171. The van der Waals surface area contributed by atoms with E-state index in [1.165, 1.54) is 0 Å². The molecule has 0 bridgehead atoms. The Morgan fingerprint density at radius 2 is 2.00 bits per heavy atom. The van der Waals surface area contributed by atoms with Crippen LogP contribution in [0, 0.1) is 5.92 Å². The first-order valence-electron chi connectivity index (χ1n) is 5.31. The van der Waals surface area contributed by atoms with Gasteiger partial charge in [-0.25, -0.2) is 5.84 Å². The molecule has 0 aromatic heterocycles. The second kappa shape index (κ2) is 6.79. The summed E-state index contributed by atoms with van der Waals surface area (Å²) in [5.74, 6) is 5.62. The quantitative estimate of drug-likeness (QED) is 0.378. The second-order valence-electron chi connectivity index (χ2n) is 3.91. The Hall–Kier alpha value is -0.610. The molecule has 0 heterocycles. The number of nitrogens with two attached hydrogens (primary N) is 1. The van der Waals surface area contributed by atoms with Gasteiger partial charge in [-0.1, -0.05) is 27.7 Å². The Morgan fingerprint density at radius 3 is 2.29 bits per heavy atom. The Morgan fingerprint density at radius 1 is 1.43 bits per heavy atom. The normalized spacial score (nSPS) is 13.4. The molecule has 0 aromatic rings. The molecule has 0 aliphatic rings. The molecule has 14 heavy (non-hydrogen) atoms. The summed E-state index contributed by atoms with van der Waals surface area (Å²) in [4.78, 5) is 13.6. The number of hydrazine groups is 1. The molecule has 1 amide bonds. The van der Waals surface area contributed by atoms with E-state index < -0.39 is 0 Å². The van der Waals surface area contributed by atoms with Crippen LogP contribution in [0.4, 0.5) is 0 Å². The minimum absolute atomic E-state index is 0.0880. The van der Waals surface area contributed by atoms with Crippen LogP contribution in [-0.2, 0) is 4.79 Å². The standard InChI is InChI=1S/C10H23N3O/c1-5-9(10(14)12-11)13(6-2)7-8(3)4/h8-9H,5-7,11H2,1-4H3,(H,12,14). The van der Waals surface area contributed by atoms with Crippen molar-refractivity contribution in [3.05, 3.63) is 0 Å². The molecule has 3 N–H and O–H groups in total. The monoisotopic (exact) mass is 201 g/mol. The maximum Gasteiger partial charge on any atom is 0.251 e. The van der Waals surface area contributed by atoms with Crippen LogP contribution in [0.25, 0.3) is 0 Å². The first-order chi connectivity index (χ1) is 6.56. The predicted octanol–water partition coefficient (Wildman–Crippen LogP) is 0.733. The van der Waals surface area contributed by atoms with Gasteiger partial charge in [0.25, 0.3) is 5.91 Å². The van der Waals surface area contributed by atoms with Crippen LogP contribution < -0.4 is 11.3 Å². The van der Waals surface area contributed by atoms with Gasteiger partial charge in [0.15, 0.2) is 0 Å². The molecule has 0 aliphatic heterocycles. The van der Waals surface area contributed by atoms with Crippen LogP contribution in [0.2, 0.25) is 0 Å². The SMILES string of the molecule is CCC(C(=O)NN)N(CC)CC(C)C. The van der Waals surface area contributed by atoms with Gasteiger partial charge >= 0.3 is 0 Å². The van der Waals surface area contributed by atoms with Gasteiger partial charge in [0.2, 0.25) is 0 Å². The van der Waals surface area contributed by atoms with E-state index in [4.69, 9.17) is 5.84 Å². The zero-order valence-electron chi connectivity index (χ0n) is 9.71. The number of likely N-dealkylation sites (N-methyl/N-ethyl adjacent to an activating group) is 1. The highest BCUT2D eigenvalue weighted by molar-refractivity contribution is 5.81. The summed E-state index contributed by atoms with van der Waals surface area (Å²) in [6.07, 6.45) is 0.795. The third-order valence-electron chi connectivity index (χ3n) is 2.28. The molecule has 0 aliphatic carbocycles. The lowest BCUT2D eigenvalue weighted by Crippen LogP contribution is -2.49. The van der Waals surface area contributed by atoms with Gasteiger partial charge in [-0.2, -0.15) is 0 Å². The van der Waals surface area contributed by atoms with Crippen LogP contribution in [0.5, 0.6) is 0 Å². The van der Waals surface area contributed by atoms with Crippen LogP contribution in [-0.4, -0.2) is 29.9 Å². The molecule has 0 rings (SSSR count). The van der Waals surface area contributed by atoms with Crippen molar-refractivity contribution in [2.24, 2.45) is 11.8 Å². The molecule has 4 heteroatoms. The smallest absolute Gasteiger partial charge is 0.251 e. The molecule has 4 nitrogen and oxygen atoms in total. The van der Waals surface area contributed by atoms with E-state index in [0.717, 1.165) is 19.5 Å². The summed E-state index contributed by atoms with van der Waals surface area (Å²) >= 11 is 0. The van der Waals surface area contributed by atoms with Crippen LogP contribution in [0.3, 0.4) is 0 Å². The molecule has 1 atom stereocenters. The average molecular weight is 201 g/mol. The van der Waals surface area contributed by atoms with Gasteiger partial charge < -0.3 is 0 Å². The summed E-state index contributed by atoms with van der Waals surface area (Å²) in [7, 11) is 0. The number of nitrogens with one attached hydrogen (secondary N) is 1. The van der Waals surface area contributed by atoms with E-state index in [-0.39, 0.29) is 11.9 Å². The summed E-state index contributed by atoms with van der Waals surface area (Å²) in [6.45, 7) is 10.2. The minimum Gasteiger partial charge on any atom is -0.293 e. The third-order valence-corrected chi connectivity index (χ3v) is 2.28. The molecule has 84 valence electrons. The number of carbonyl (C=O) groups is 1. The molecule has 0 saturated heterocycles. The van der Waals surface area contributed by atoms with Gasteiger partial charge in [-0.3, -0.25) is 15.1 Å². The summed E-state index contributed by atoms with van der Waals surface area (Å²) < 4.78 is 0. The van der Waals surface area contributed by atoms with Crippen molar-refractivity contribution in [1.29, 1.82) is 0 Å². The van der Waals surface area contributed by atoms with Crippen molar-refractivity contribution in [2.75, 3.05) is 13.1 Å².